The minimum Gasteiger partial charge on any atom is -0.744 e. The van der Waals surface area contributed by atoms with Gasteiger partial charge < -0.3 is 4.55 Å². The molecule has 2 amide bonds. The quantitative estimate of drug-likeness (QED) is 0.473. The molecule has 0 N–H and O–H groups in total. The van der Waals surface area contributed by atoms with Crippen molar-refractivity contribution in [1.82, 2.24) is 14.8 Å². The lowest BCUT2D eigenvalue weighted by Crippen LogP contribution is -2.30. The Morgan fingerprint density at radius 1 is 1.00 bits per heavy atom. The van der Waals surface area contributed by atoms with Crippen LogP contribution in [0.2, 0.25) is 0 Å². The molecular weight excluding hydrogens is 384 g/mol. The van der Waals surface area contributed by atoms with Crippen molar-refractivity contribution in [1.29, 1.82) is 0 Å². The first-order valence-corrected chi connectivity index (χ1v) is 9.72. The molecule has 0 radical (unpaired) electrons. The molecule has 3 aromatic rings. The SMILES string of the molecule is Cc1nc2ccc(S(=O)(=O)[O-])cc2c2c1C(=O)N(c1c(C)nn(C)c1C)C2=O. The van der Waals surface area contributed by atoms with Crippen molar-refractivity contribution < 1.29 is 22.6 Å². The summed E-state index contributed by atoms with van der Waals surface area (Å²) in [7, 11) is -3.02. The van der Waals surface area contributed by atoms with Crippen molar-refractivity contribution in [3.8, 4) is 0 Å². The molecule has 0 bridgehead atoms. The Bertz CT molecular complexity index is 1320. The van der Waals surface area contributed by atoms with Gasteiger partial charge in [-0.1, -0.05) is 0 Å². The van der Waals surface area contributed by atoms with E-state index in [1.807, 2.05) is 0 Å². The van der Waals surface area contributed by atoms with Gasteiger partial charge in [0.25, 0.3) is 11.8 Å². The maximum absolute atomic E-state index is 13.3. The lowest BCUT2D eigenvalue weighted by molar-refractivity contribution is 0.0926. The van der Waals surface area contributed by atoms with Gasteiger partial charge in [-0.05, 0) is 39.0 Å². The summed E-state index contributed by atoms with van der Waals surface area (Å²) in [5.74, 6) is -1.16. The van der Waals surface area contributed by atoms with Gasteiger partial charge in [0.15, 0.2) is 0 Å². The van der Waals surface area contributed by atoms with Crippen LogP contribution in [0.1, 0.15) is 37.8 Å². The molecule has 0 atom stereocenters. The van der Waals surface area contributed by atoms with Crippen LogP contribution < -0.4 is 4.90 Å². The standard InChI is InChI=1S/C18H16N4O5S/c1-8-14-15(12-7-11(28(25,26)27)5-6-13(12)19-8)18(24)22(17(14)23)16-9(2)20-21(4)10(16)3/h5-7H,1-4H3,(H,25,26,27)/p-1. The highest BCUT2D eigenvalue weighted by Gasteiger charge is 2.42. The molecule has 0 aliphatic carbocycles. The van der Waals surface area contributed by atoms with Gasteiger partial charge in [-0.15, -0.1) is 0 Å². The number of aromatic nitrogens is 3. The third kappa shape index (κ3) is 2.38. The second-order valence-electron chi connectivity index (χ2n) is 6.67. The fraction of sp³-hybridized carbons (Fsp3) is 0.222. The van der Waals surface area contributed by atoms with Crippen LogP contribution in [-0.4, -0.2) is 39.5 Å². The summed E-state index contributed by atoms with van der Waals surface area (Å²) in [5.41, 5.74) is 2.33. The summed E-state index contributed by atoms with van der Waals surface area (Å²) < 4.78 is 35.8. The smallest absolute Gasteiger partial charge is 0.268 e. The topological polar surface area (TPSA) is 125 Å². The zero-order valence-electron chi connectivity index (χ0n) is 15.5. The first-order chi connectivity index (χ1) is 13.0. The largest absolute Gasteiger partial charge is 0.744 e. The molecule has 10 heteroatoms. The van der Waals surface area contributed by atoms with Gasteiger partial charge in [0.1, 0.15) is 10.1 Å². The second-order valence-corrected chi connectivity index (χ2v) is 8.05. The van der Waals surface area contributed by atoms with E-state index in [-0.39, 0.29) is 16.5 Å². The Morgan fingerprint density at radius 2 is 1.64 bits per heavy atom. The highest BCUT2D eigenvalue weighted by molar-refractivity contribution is 7.85. The first kappa shape index (κ1) is 18.3. The van der Waals surface area contributed by atoms with Gasteiger partial charge in [-0.2, -0.15) is 5.10 Å². The average Bonchev–Trinajstić information content (AvgIpc) is 3.00. The normalized spacial score (nSPS) is 14.2. The number of pyridine rings is 1. The lowest BCUT2D eigenvalue weighted by Gasteiger charge is -2.14. The van der Waals surface area contributed by atoms with Crippen molar-refractivity contribution in [3.63, 3.8) is 0 Å². The summed E-state index contributed by atoms with van der Waals surface area (Å²) in [5, 5.41) is 4.40. The second kappa shape index (κ2) is 5.69. The number of nitrogens with zero attached hydrogens (tertiary/aromatic N) is 4. The number of benzene rings is 1. The van der Waals surface area contributed by atoms with E-state index < -0.39 is 26.8 Å². The molecule has 2 aromatic heterocycles. The number of aryl methyl sites for hydroxylation is 3. The van der Waals surface area contributed by atoms with Gasteiger partial charge in [0, 0.05) is 12.4 Å². The third-order valence-corrected chi connectivity index (χ3v) is 5.79. The van der Waals surface area contributed by atoms with Gasteiger partial charge in [-0.3, -0.25) is 19.3 Å². The molecule has 1 aliphatic rings. The molecule has 0 fully saturated rings. The van der Waals surface area contributed by atoms with Crippen LogP contribution in [0.5, 0.6) is 0 Å². The third-order valence-electron chi connectivity index (χ3n) is 4.95. The molecule has 4 rings (SSSR count). The van der Waals surface area contributed by atoms with Crippen LogP contribution in [-0.2, 0) is 17.2 Å². The highest BCUT2D eigenvalue weighted by atomic mass is 32.2. The van der Waals surface area contributed by atoms with Crippen LogP contribution >= 0.6 is 0 Å². The maximum Gasteiger partial charge on any atom is 0.268 e. The Kier molecular flexibility index (Phi) is 3.71. The predicted octanol–water partition coefficient (Wildman–Crippen LogP) is 1.60. The van der Waals surface area contributed by atoms with Crippen LogP contribution in [0.4, 0.5) is 5.69 Å². The maximum atomic E-state index is 13.3. The first-order valence-electron chi connectivity index (χ1n) is 8.31. The molecule has 3 heterocycles. The molecule has 9 nitrogen and oxygen atoms in total. The number of imide groups is 1. The summed E-state index contributed by atoms with van der Waals surface area (Å²) in [6.07, 6.45) is 0. The van der Waals surface area contributed by atoms with E-state index in [1.54, 1.807) is 32.5 Å². The number of fused-ring (bicyclic) bond motifs is 3. The fourth-order valence-electron chi connectivity index (χ4n) is 3.61. The number of hydrogen-bond acceptors (Lipinski definition) is 7. The molecule has 1 aromatic carbocycles. The fourth-order valence-corrected chi connectivity index (χ4v) is 4.11. The van der Waals surface area contributed by atoms with Crippen molar-refractivity contribution in [2.45, 2.75) is 25.7 Å². The molecular formula is C18H15N4O5S-. The predicted molar refractivity (Wildman–Crippen MR) is 98.3 cm³/mol. The minimum absolute atomic E-state index is 0.0423. The zero-order chi connectivity index (χ0) is 20.5. The number of carbonyl (C=O) groups is 2. The molecule has 0 saturated heterocycles. The number of hydrogen-bond donors (Lipinski definition) is 0. The molecule has 28 heavy (non-hydrogen) atoms. The van der Waals surface area contributed by atoms with Crippen LogP contribution in [0.3, 0.4) is 0 Å². The molecule has 0 spiro atoms. The van der Waals surface area contributed by atoms with E-state index in [4.69, 9.17) is 0 Å². The Labute approximate surface area is 160 Å². The number of rotatable bonds is 2. The van der Waals surface area contributed by atoms with Crippen LogP contribution in [0.25, 0.3) is 10.9 Å². The number of carbonyl (C=O) groups excluding carboxylic acids is 2. The van der Waals surface area contributed by atoms with Crippen molar-refractivity contribution in [3.05, 3.63) is 46.4 Å². The Balaban J connectivity index is 2.04. The number of amides is 2. The van der Waals surface area contributed by atoms with E-state index in [0.717, 1.165) is 17.0 Å². The Morgan fingerprint density at radius 3 is 2.21 bits per heavy atom. The highest BCUT2D eigenvalue weighted by Crippen LogP contribution is 2.37. The summed E-state index contributed by atoms with van der Waals surface area (Å²) in [6, 6.07) is 3.59. The van der Waals surface area contributed by atoms with E-state index >= 15 is 0 Å². The molecule has 0 saturated carbocycles. The summed E-state index contributed by atoms with van der Waals surface area (Å²) in [6.45, 7) is 5.04. The average molecular weight is 399 g/mol. The number of anilines is 1. The van der Waals surface area contributed by atoms with E-state index in [2.05, 4.69) is 10.1 Å². The van der Waals surface area contributed by atoms with E-state index in [9.17, 15) is 22.6 Å². The van der Waals surface area contributed by atoms with Gasteiger partial charge in [0.05, 0.1) is 44.3 Å². The van der Waals surface area contributed by atoms with Crippen LogP contribution in [0, 0.1) is 20.8 Å². The zero-order valence-corrected chi connectivity index (χ0v) is 16.3. The van der Waals surface area contributed by atoms with Gasteiger partial charge in [-0.25, -0.2) is 13.3 Å². The summed E-state index contributed by atoms with van der Waals surface area (Å²) >= 11 is 0. The molecule has 144 valence electrons. The lowest BCUT2D eigenvalue weighted by atomic mass is 10.0. The van der Waals surface area contributed by atoms with Crippen molar-refractivity contribution >= 4 is 38.5 Å². The summed E-state index contributed by atoms with van der Waals surface area (Å²) in [4.78, 5) is 31.2. The van der Waals surface area contributed by atoms with Gasteiger partial charge in [0.2, 0.25) is 0 Å². The molecule has 0 unspecified atom stereocenters. The van der Waals surface area contributed by atoms with Crippen molar-refractivity contribution in [2.24, 2.45) is 7.05 Å². The minimum atomic E-state index is -4.73. The van der Waals surface area contributed by atoms with Crippen LogP contribution in [0.15, 0.2) is 23.1 Å². The van der Waals surface area contributed by atoms with Gasteiger partial charge >= 0.3 is 0 Å². The van der Waals surface area contributed by atoms with Crippen molar-refractivity contribution in [2.75, 3.05) is 4.90 Å². The van der Waals surface area contributed by atoms with E-state index in [0.29, 0.717) is 28.3 Å². The Hall–Kier alpha value is -3.11. The monoisotopic (exact) mass is 399 g/mol. The van der Waals surface area contributed by atoms with E-state index in [1.165, 1.54) is 6.07 Å². The molecule has 1 aliphatic heterocycles.